The normalized spacial score (nSPS) is 17.6. The topological polar surface area (TPSA) is 71.5 Å². The van der Waals surface area contributed by atoms with Crippen molar-refractivity contribution >= 4 is 33.3 Å². The summed E-state index contributed by atoms with van der Waals surface area (Å²) >= 11 is 1.46. The van der Waals surface area contributed by atoms with Crippen LogP contribution in [0.15, 0.2) is 36.8 Å². The third-order valence-electron chi connectivity index (χ3n) is 5.36. The summed E-state index contributed by atoms with van der Waals surface area (Å²) in [5.74, 6) is 1.59. The van der Waals surface area contributed by atoms with Crippen molar-refractivity contribution in [1.29, 1.82) is 0 Å². The number of hydrogen-bond acceptors (Lipinski definition) is 7. The van der Waals surface area contributed by atoms with Gasteiger partial charge in [-0.2, -0.15) is 0 Å². The van der Waals surface area contributed by atoms with Crippen LogP contribution in [0.5, 0.6) is 5.88 Å². The molecule has 0 atom stereocenters. The Labute approximate surface area is 167 Å². The smallest absolute Gasteiger partial charge is 0.264 e. The van der Waals surface area contributed by atoms with E-state index in [9.17, 15) is 4.79 Å². The van der Waals surface area contributed by atoms with Gasteiger partial charge in [0.2, 0.25) is 5.88 Å². The Morgan fingerprint density at radius 2 is 1.96 bits per heavy atom. The van der Waals surface area contributed by atoms with Crippen LogP contribution in [0.1, 0.15) is 28.9 Å². The molecule has 0 aromatic carbocycles. The number of piperazine rings is 1. The number of hydrogen-bond donors (Lipinski definition) is 0. The second-order valence-corrected chi connectivity index (χ2v) is 8.20. The van der Waals surface area contributed by atoms with Gasteiger partial charge in [0.15, 0.2) is 0 Å². The molecule has 0 unspecified atom stereocenters. The molecule has 2 aliphatic rings. The van der Waals surface area contributed by atoms with Gasteiger partial charge in [-0.05, 0) is 31.4 Å². The summed E-state index contributed by atoms with van der Waals surface area (Å²) in [4.78, 5) is 31.6. The van der Waals surface area contributed by atoms with E-state index in [1.165, 1.54) is 17.8 Å². The van der Waals surface area contributed by atoms with E-state index in [2.05, 4.69) is 19.9 Å². The zero-order chi connectivity index (χ0) is 18.9. The Kier molecular flexibility index (Phi) is 4.56. The maximum Gasteiger partial charge on any atom is 0.264 e. The molecule has 1 aliphatic heterocycles. The quantitative estimate of drug-likeness (QED) is 0.676. The molecule has 4 heterocycles. The first-order valence-electron chi connectivity index (χ1n) is 9.64. The number of thiophene rings is 1. The lowest BCUT2D eigenvalue weighted by atomic mass is 9.96. The summed E-state index contributed by atoms with van der Waals surface area (Å²) < 4.78 is 5.88. The maximum atomic E-state index is 12.9. The van der Waals surface area contributed by atoms with Gasteiger partial charge in [0, 0.05) is 43.8 Å². The van der Waals surface area contributed by atoms with Crippen molar-refractivity contribution in [3.8, 4) is 5.88 Å². The van der Waals surface area contributed by atoms with Crippen LogP contribution in [-0.4, -0.2) is 58.0 Å². The standard InChI is InChI=1S/C20H21N5O2S/c26-20(16-11-14-3-2-6-21-19(14)28-16)25-9-7-24(8-10-25)17-12-18(23-13-22-17)27-15-4-1-5-15/h2-3,6,11-13,15H,1,4-5,7-10H2. The number of fused-ring (bicyclic) bond motifs is 1. The highest BCUT2D eigenvalue weighted by molar-refractivity contribution is 7.20. The molecule has 5 rings (SSSR count). The lowest BCUT2D eigenvalue weighted by Crippen LogP contribution is -2.48. The number of carbonyl (C=O) groups is 1. The van der Waals surface area contributed by atoms with Crippen LogP contribution in [-0.2, 0) is 0 Å². The van der Waals surface area contributed by atoms with Gasteiger partial charge in [0.05, 0.1) is 4.88 Å². The van der Waals surface area contributed by atoms with E-state index in [1.807, 2.05) is 29.2 Å². The third kappa shape index (κ3) is 3.40. The van der Waals surface area contributed by atoms with Gasteiger partial charge < -0.3 is 14.5 Å². The summed E-state index contributed by atoms with van der Waals surface area (Å²) in [6.07, 6.45) is 7.06. The molecule has 1 amide bonds. The molecule has 0 bridgehead atoms. The van der Waals surface area contributed by atoms with Gasteiger partial charge in [0.1, 0.15) is 23.1 Å². The minimum Gasteiger partial charge on any atom is -0.474 e. The van der Waals surface area contributed by atoms with Crippen molar-refractivity contribution in [1.82, 2.24) is 19.9 Å². The highest BCUT2D eigenvalue weighted by Crippen LogP contribution is 2.27. The lowest BCUT2D eigenvalue weighted by Gasteiger charge is -2.35. The van der Waals surface area contributed by atoms with E-state index in [0.717, 1.165) is 46.8 Å². The molecular formula is C20H21N5O2S. The largest absolute Gasteiger partial charge is 0.474 e. The molecule has 1 aliphatic carbocycles. The van der Waals surface area contributed by atoms with Crippen LogP contribution < -0.4 is 9.64 Å². The second kappa shape index (κ2) is 7.35. The maximum absolute atomic E-state index is 12.9. The molecule has 8 heteroatoms. The Balaban J connectivity index is 1.23. The number of ether oxygens (including phenoxy) is 1. The van der Waals surface area contributed by atoms with E-state index in [0.29, 0.717) is 25.1 Å². The Bertz CT molecular complexity index is 962. The molecule has 2 fully saturated rings. The minimum absolute atomic E-state index is 0.0827. The molecule has 1 saturated carbocycles. The number of carbonyl (C=O) groups excluding carboxylic acids is 1. The zero-order valence-electron chi connectivity index (χ0n) is 15.5. The monoisotopic (exact) mass is 395 g/mol. The molecule has 0 spiro atoms. The highest BCUT2D eigenvalue weighted by atomic mass is 32.1. The van der Waals surface area contributed by atoms with Gasteiger partial charge in [-0.15, -0.1) is 11.3 Å². The number of aromatic nitrogens is 3. The van der Waals surface area contributed by atoms with Gasteiger partial charge in [-0.25, -0.2) is 15.0 Å². The predicted octanol–water partition coefficient (Wildman–Crippen LogP) is 2.98. The fraction of sp³-hybridized carbons (Fsp3) is 0.400. The Morgan fingerprint density at radius 3 is 2.71 bits per heavy atom. The van der Waals surface area contributed by atoms with E-state index in [4.69, 9.17) is 4.74 Å². The van der Waals surface area contributed by atoms with E-state index in [1.54, 1.807) is 12.5 Å². The molecular weight excluding hydrogens is 374 g/mol. The fourth-order valence-corrected chi connectivity index (χ4v) is 4.47. The summed E-state index contributed by atoms with van der Waals surface area (Å²) in [7, 11) is 0. The number of pyridine rings is 1. The molecule has 144 valence electrons. The third-order valence-corrected chi connectivity index (χ3v) is 6.41. The summed E-state index contributed by atoms with van der Waals surface area (Å²) in [6, 6.07) is 7.74. The molecule has 0 radical (unpaired) electrons. The van der Waals surface area contributed by atoms with Gasteiger partial charge in [-0.3, -0.25) is 4.79 Å². The first-order chi connectivity index (χ1) is 13.8. The number of rotatable bonds is 4. The molecule has 3 aromatic heterocycles. The van der Waals surface area contributed by atoms with E-state index >= 15 is 0 Å². The Morgan fingerprint density at radius 1 is 1.11 bits per heavy atom. The first kappa shape index (κ1) is 17.4. The lowest BCUT2D eigenvalue weighted by molar-refractivity contribution is 0.0751. The van der Waals surface area contributed by atoms with E-state index in [-0.39, 0.29) is 5.91 Å². The van der Waals surface area contributed by atoms with Crippen LogP contribution in [0.25, 0.3) is 10.2 Å². The van der Waals surface area contributed by atoms with Crippen LogP contribution >= 0.6 is 11.3 Å². The zero-order valence-corrected chi connectivity index (χ0v) is 16.3. The van der Waals surface area contributed by atoms with Crippen LogP contribution in [0.2, 0.25) is 0 Å². The van der Waals surface area contributed by atoms with Crippen LogP contribution in [0, 0.1) is 0 Å². The second-order valence-electron chi connectivity index (χ2n) is 7.17. The van der Waals surface area contributed by atoms with Crippen LogP contribution in [0.4, 0.5) is 5.82 Å². The predicted molar refractivity (Wildman–Crippen MR) is 108 cm³/mol. The van der Waals surface area contributed by atoms with Crippen molar-refractivity contribution in [3.63, 3.8) is 0 Å². The average Bonchev–Trinajstić information content (AvgIpc) is 3.15. The summed E-state index contributed by atoms with van der Waals surface area (Å²) in [5.41, 5.74) is 0. The van der Waals surface area contributed by atoms with E-state index < -0.39 is 0 Å². The number of anilines is 1. The van der Waals surface area contributed by atoms with Crippen molar-refractivity contribution in [2.45, 2.75) is 25.4 Å². The van der Waals surface area contributed by atoms with Gasteiger partial charge in [-0.1, -0.05) is 6.07 Å². The first-order valence-corrected chi connectivity index (χ1v) is 10.5. The Hall–Kier alpha value is -2.74. The van der Waals surface area contributed by atoms with Crippen LogP contribution in [0.3, 0.4) is 0 Å². The SMILES string of the molecule is O=C(c1cc2cccnc2s1)N1CCN(c2cc(OC3CCC3)ncn2)CC1. The molecule has 3 aromatic rings. The molecule has 1 saturated heterocycles. The fourth-order valence-electron chi connectivity index (χ4n) is 3.50. The van der Waals surface area contributed by atoms with Crippen molar-refractivity contribution < 1.29 is 9.53 Å². The highest BCUT2D eigenvalue weighted by Gasteiger charge is 2.25. The van der Waals surface area contributed by atoms with Gasteiger partial charge >= 0.3 is 0 Å². The van der Waals surface area contributed by atoms with Crippen molar-refractivity contribution in [3.05, 3.63) is 41.7 Å². The number of amides is 1. The average molecular weight is 395 g/mol. The molecule has 7 nitrogen and oxygen atoms in total. The van der Waals surface area contributed by atoms with Crippen molar-refractivity contribution in [2.24, 2.45) is 0 Å². The van der Waals surface area contributed by atoms with Gasteiger partial charge in [0.25, 0.3) is 5.91 Å². The van der Waals surface area contributed by atoms with Crippen molar-refractivity contribution in [2.75, 3.05) is 31.1 Å². The molecule has 0 N–H and O–H groups in total. The summed E-state index contributed by atoms with van der Waals surface area (Å²) in [6.45, 7) is 2.83. The minimum atomic E-state index is 0.0827. The number of nitrogens with zero attached hydrogens (tertiary/aromatic N) is 5. The molecule has 28 heavy (non-hydrogen) atoms. The summed E-state index contributed by atoms with van der Waals surface area (Å²) in [5, 5.41) is 1.02.